The van der Waals surface area contributed by atoms with Crippen LogP contribution in [-0.2, 0) is 6.54 Å². The first-order chi connectivity index (χ1) is 8.25. The Hall–Kier alpha value is -1.67. The minimum absolute atomic E-state index is 0.107. The second kappa shape index (κ2) is 3.97. The first kappa shape index (κ1) is 10.5. The van der Waals surface area contributed by atoms with Gasteiger partial charge in [-0.05, 0) is 24.1 Å². The van der Waals surface area contributed by atoms with E-state index in [9.17, 15) is 4.39 Å². The average molecular weight is 227 g/mol. The molecule has 1 aliphatic rings. The Morgan fingerprint density at radius 3 is 2.65 bits per heavy atom. The second-order valence-corrected chi connectivity index (χ2v) is 4.53. The van der Waals surface area contributed by atoms with E-state index in [1.807, 2.05) is 6.07 Å². The van der Waals surface area contributed by atoms with E-state index in [-0.39, 0.29) is 11.9 Å². The van der Waals surface area contributed by atoms with Gasteiger partial charge in [-0.2, -0.15) is 0 Å². The summed E-state index contributed by atoms with van der Waals surface area (Å²) in [6.07, 6.45) is 0. The molecule has 86 valence electrons. The first-order valence-electron chi connectivity index (χ1n) is 5.83. The maximum absolute atomic E-state index is 13.6. The van der Waals surface area contributed by atoms with Crippen molar-refractivity contribution in [2.75, 3.05) is 0 Å². The van der Waals surface area contributed by atoms with Crippen LogP contribution in [-0.4, -0.2) is 0 Å². The van der Waals surface area contributed by atoms with E-state index in [0.717, 1.165) is 11.1 Å². The molecule has 0 saturated carbocycles. The predicted octanol–water partition coefficient (Wildman–Crippen LogP) is 3.33. The van der Waals surface area contributed by atoms with E-state index >= 15 is 0 Å². The molecule has 2 heteroatoms. The highest BCUT2D eigenvalue weighted by Gasteiger charge is 2.25. The Morgan fingerprint density at radius 2 is 1.88 bits per heavy atom. The molecule has 1 unspecified atom stereocenters. The highest BCUT2D eigenvalue weighted by molar-refractivity contribution is 5.42. The molecule has 0 bridgehead atoms. The van der Waals surface area contributed by atoms with Gasteiger partial charge in [0, 0.05) is 12.1 Å². The number of hydrogen-bond donors (Lipinski definition) is 1. The van der Waals surface area contributed by atoms with Crippen molar-refractivity contribution in [2.45, 2.75) is 19.5 Å². The van der Waals surface area contributed by atoms with Crippen LogP contribution in [0.25, 0.3) is 0 Å². The fraction of sp³-hybridized carbons (Fsp3) is 0.200. The molecule has 0 amide bonds. The van der Waals surface area contributed by atoms with Crippen molar-refractivity contribution >= 4 is 0 Å². The van der Waals surface area contributed by atoms with Gasteiger partial charge in [0.15, 0.2) is 0 Å². The summed E-state index contributed by atoms with van der Waals surface area (Å²) >= 11 is 0. The summed E-state index contributed by atoms with van der Waals surface area (Å²) in [5.74, 6) is -0.107. The van der Waals surface area contributed by atoms with Gasteiger partial charge in [-0.25, -0.2) is 4.39 Å². The molecule has 1 aliphatic heterocycles. The van der Waals surface area contributed by atoms with Gasteiger partial charge in [-0.15, -0.1) is 0 Å². The molecule has 2 aromatic rings. The van der Waals surface area contributed by atoms with Crippen LogP contribution >= 0.6 is 0 Å². The summed E-state index contributed by atoms with van der Waals surface area (Å²) < 4.78 is 13.6. The number of aryl methyl sites for hydroxylation is 1. The molecule has 0 radical (unpaired) electrons. The van der Waals surface area contributed by atoms with Gasteiger partial charge in [-0.1, -0.05) is 42.0 Å². The lowest BCUT2D eigenvalue weighted by Gasteiger charge is -2.12. The number of fused-ring (bicyclic) bond motifs is 1. The monoisotopic (exact) mass is 227 g/mol. The summed E-state index contributed by atoms with van der Waals surface area (Å²) in [6, 6.07) is 13.8. The zero-order valence-electron chi connectivity index (χ0n) is 9.70. The number of hydrogen-bond acceptors (Lipinski definition) is 1. The van der Waals surface area contributed by atoms with Gasteiger partial charge in [-0.3, -0.25) is 0 Å². The number of rotatable bonds is 1. The van der Waals surface area contributed by atoms with E-state index in [0.29, 0.717) is 6.54 Å². The third-order valence-electron chi connectivity index (χ3n) is 3.36. The fourth-order valence-corrected chi connectivity index (χ4v) is 2.40. The molecular weight excluding hydrogens is 213 g/mol. The molecule has 1 atom stereocenters. The smallest absolute Gasteiger partial charge is 0.128 e. The minimum Gasteiger partial charge on any atom is -0.302 e. The van der Waals surface area contributed by atoms with Crippen LogP contribution in [0.2, 0.25) is 0 Å². The molecule has 2 aromatic carbocycles. The normalized spacial score (nSPS) is 18.1. The molecule has 0 fully saturated rings. The van der Waals surface area contributed by atoms with Crippen LogP contribution in [0.4, 0.5) is 4.39 Å². The van der Waals surface area contributed by atoms with Gasteiger partial charge in [0.05, 0.1) is 6.04 Å². The summed E-state index contributed by atoms with van der Waals surface area (Å²) in [7, 11) is 0. The molecule has 1 nitrogen and oxygen atoms in total. The van der Waals surface area contributed by atoms with Crippen LogP contribution in [0, 0.1) is 12.7 Å². The minimum atomic E-state index is -0.107. The van der Waals surface area contributed by atoms with Crippen molar-refractivity contribution in [3.05, 3.63) is 70.5 Å². The lowest BCUT2D eigenvalue weighted by Crippen LogP contribution is -2.13. The molecule has 0 saturated heterocycles. The van der Waals surface area contributed by atoms with Crippen molar-refractivity contribution in [1.29, 1.82) is 0 Å². The van der Waals surface area contributed by atoms with Gasteiger partial charge in [0.25, 0.3) is 0 Å². The zero-order valence-corrected chi connectivity index (χ0v) is 9.70. The highest BCUT2D eigenvalue weighted by Crippen LogP contribution is 2.32. The van der Waals surface area contributed by atoms with Crippen LogP contribution in [0.15, 0.2) is 42.5 Å². The SMILES string of the molecule is Cc1ccc(C2NCc3c(F)cccc32)cc1. The van der Waals surface area contributed by atoms with E-state index in [2.05, 4.69) is 36.5 Å². The Balaban J connectivity index is 2.04. The molecular formula is C15H14FN. The largest absolute Gasteiger partial charge is 0.302 e. The second-order valence-electron chi connectivity index (χ2n) is 4.53. The van der Waals surface area contributed by atoms with Gasteiger partial charge in [0.2, 0.25) is 0 Å². The summed E-state index contributed by atoms with van der Waals surface area (Å²) in [6.45, 7) is 2.68. The topological polar surface area (TPSA) is 12.0 Å². The maximum atomic E-state index is 13.6. The quantitative estimate of drug-likeness (QED) is 0.788. The standard InChI is InChI=1S/C15H14FN/c1-10-5-7-11(8-6-10)15-12-3-2-4-14(16)13(12)9-17-15/h2-8,15,17H,9H2,1H3. The van der Waals surface area contributed by atoms with Crippen molar-refractivity contribution in [2.24, 2.45) is 0 Å². The van der Waals surface area contributed by atoms with E-state index in [4.69, 9.17) is 0 Å². The van der Waals surface area contributed by atoms with Crippen molar-refractivity contribution in [3.63, 3.8) is 0 Å². The van der Waals surface area contributed by atoms with Crippen LogP contribution < -0.4 is 5.32 Å². The Bertz CT molecular complexity index is 545. The van der Waals surface area contributed by atoms with Crippen LogP contribution in [0.3, 0.4) is 0 Å². The zero-order chi connectivity index (χ0) is 11.8. The van der Waals surface area contributed by atoms with Crippen molar-refractivity contribution < 1.29 is 4.39 Å². The first-order valence-corrected chi connectivity index (χ1v) is 5.83. The van der Waals surface area contributed by atoms with E-state index < -0.39 is 0 Å². The Morgan fingerprint density at radius 1 is 1.12 bits per heavy atom. The van der Waals surface area contributed by atoms with Crippen LogP contribution in [0.5, 0.6) is 0 Å². The highest BCUT2D eigenvalue weighted by atomic mass is 19.1. The molecule has 0 aromatic heterocycles. The number of halogens is 1. The van der Waals surface area contributed by atoms with E-state index in [1.54, 1.807) is 6.07 Å². The van der Waals surface area contributed by atoms with Gasteiger partial charge < -0.3 is 5.32 Å². The third kappa shape index (κ3) is 1.75. The lowest BCUT2D eigenvalue weighted by molar-refractivity contribution is 0.604. The molecule has 0 spiro atoms. The van der Waals surface area contributed by atoms with Crippen molar-refractivity contribution in [3.8, 4) is 0 Å². The van der Waals surface area contributed by atoms with Gasteiger partial charge >= 0.3 is 0 Å². The Labute approximate surface area is 100 Å². The molecule has 0 aliphatic carbocycles. The lowest BCUT2D eigenvalue weighted by atomic mass is 9.98. The average Bonchev–Trinajstić information content (AvgIpc) is 2.75. The number of nitrogens with one attached hydrogen (secondary N) is 1. The Kier molecular flexibility index (Phi) is 2.45. The number of benzene rings is 2. The third-order valence-corrected chi connectivity index (χ3v) is 3.36. The van der Waals surface area contributed by atoms with Crippen molar-refractivity contribution in [1.82, 2.24) is 5.32 Å². The summed E-state index contributed by atoms with van der Waals surface area (Å²) in [5, 5.41) is 3.36. The molecule has 17 heavy (non-hydrogen) atoms. The fourth-order valence-electron chi connectivity index (χ4n) is 2.40. The molecule has 3 rings (SSSR count). The van der Waals surface area contributed by atoms with Gasteiger partial charge in [0.1, 0.15) is 5.82 Å². The summed E-state index contributed by atoms with van der Waals surface area (Å²) in [4.78, 5) is 0. The van der Waals surface area contributed by atoms with Crippen LogP contribution in [0.1, 0.15) is 28.3 Å². The summed E-state index contributed by atoms with van der Waals surface area (Å²) in [5.41, 5.74) is 4.30. The molecule has 1 N–H and O–H groups in total. The van der Waals surface area contributed by atoms with E-state index in [1.165, 1.54) is 17.2 Å². The predicted molar refractivity (Wildman–Crippen MR) is 66.3 cm³/mol. The maximum Gasteiger partial charge on any atom is 0.128 e. The molecule has 1 heterocycles.